The Labute approximate surface area is 351 Å². The van der Waals surface area contributed by atoms with Gasteiger partial charge in [-0.05, 0) is 93.7 Å². The van der Waals surface area contributed by atoms with Gasteiger partial charge in [-0.2, -0.15) is 18.2 Å². The van der Waals surface area contributed by atoms with Crippen LogP contribution in [0.25, 0.3) is 0 Å². The maximum Gasteiger partial charge on any atom is 0.421 e. The highest BCUT2D eigenvalue weighted by Gasteiger charge is 2.40. The Balaban J connectivity index is 0.925. The van der Waals surface area contributed by atoms with Crippen LogP contribution in [0.2, 0.25) is 0 Å². The smallest absolute Gasteiger partial charge is 0.388 e. The van der Waals surface area contributed by atoms with Gasteiger partial charge in [0.2, 0.25) is 27.8 Å². The number of rotatable bonds is 12. The van der Waals surface area contributed by atoms with Crippen LogP contribution in [0.4, 0.5) is 45.1 Å². The van der Waals surface area contributed by atoms with E-state index in [1.807, 2.05) is 4.90 Å². The summed E-state index contributed by atoms with van der Waals surface area (Å²) in [6.07, 6.45) is -0.194. The molecule has 2 amide bonds. The number of methoxy groups -OCH3 is 1. The number of hydrogen-bond acceptors (Lipinski definition) is 12. The summed E-state index contributed by atoms with van der Waals surface area (Å²) in [6, 6.07) is 7.59. The maximum absolute atomic E-state index is 15.5. The number of β-amino-alcohol motifs (C(OH)–C–C–N with tert-alkyl or cyclic N) is 1. The number of nitrogens with one attached hydrogen (secondary N) is 3. The third-order valence-electron chi connectivity index (χ3n) is 12.1. The number of aromatic nitrogens is 2. The first kappa shape index (κ1) is 44.6. The van der Waals surface area contributed by atoms with E-state index in [2.05, 4.69) is 30.2 Å². The van der Waals surface area contributed by atoms with Crippen molar-refractivity contribution in [2.45, 2.75) is 93.0 Å². The molecule has 4 N–H and O–H groups in total. The molecule has 3 atom stereocenters. The summed E-state index contributed by atoms with van der Waals surface area (Å²) in [4.78, 5) is 37.0. The number of piperazine rings is 1. The Bertz CT molecular complexity index is 2210. The summed E-state index contributed by atoms with van der Waals surface area (Å²) < 4.78 is 108. The van der Waals surface area contributed by atoms with E-state index in [0.717, 1.165) is 31.5 Å². The molecule has 7 rings (SSSR count). The van der Waals surface area contributed by atoms with E-state index in [4.69, 9.17) is 4.74 Å². The number of nitrogens with zero attached hydrogens (tertiary/aromatic N) is 5. The molecule has 1 aliphatic carbocycles. The number of piperidine rings is 2. The van der Waals surface area contributed by atoms with Crippen LogP contribution in [0.5, 0.6) is 0 Å². The molecule has 20 heteroatoms. The summed E-state index contributed by atoms with van der Waals surface area (Å²) in [7, 11) is -2.52. The fraction of sp³-hybridized carbons (Fsp3) is 0.561. The van der Waals surface area contributed by atoms with Crippen molar-refractivity contribution >= 4 is 45.0 Å². The van der Waals surface area contributed by atoms with E-state index in [1.54, 1.807) is 19.2 Å². The number of ether oxygens (including phenoxy) is 1. The molecule has 4 heterocycles. The molecule has 0 bridgehead atoms. The van der Waals surface area contributed by atoms with Crippen molar-refractivity contribution in [3.8, 4) is 0 Å². The molecule has 14 nitrogen and oxygen atoms in total. The van der Waals surface area contributed by atoms with Crippen molar-refractivity contribution in [2.75, 3.05) is 68.1 Å². The van der Waals surface area contributed by atoms with Crippen LogP contribution in [0.1, 0.15) is 75.3 Å². The van der Waals surface area contributed by atoms with E-state index in [0.29, 0.717) is 75.8 Å². The highest BCUT2D eigenvalue weighted by Crippen LogP contribution is 2.38. The number of imide groups is 1. The third-order valence-corrected chi connectivity index (χ3v) is 13.6. The highest BCUT2D eigenvalue weighted by molar-refractivity contribution is 7.89. The molecule has 332 valence electrons. The predicted octanol–water partition coefficient (Wildman–Crippen LogP) is 5.06. The fourth-order valence-corrected chi connectivity index (χ4v) is 10.3. The van der Waals surface area contributed by atoms with Crippen LogP contribution in [-0.2, 0) is 30.5 Å². The second kappa shape index (κ2) is 18.1. The first-order chi connectivity index (χ1) is 28.9. The van der Waals surface area contributed by atoms with Crippen LogP contribution in [0.15, 0.2) is 47.5 Å². The molecule has 0 radical (unpaired) electrons. The zero-order valence-corrected chi connectivity index (χ0v) is 34.8. The Morgan fingerprint density at radius 3 is 2.44 bits per heavy atom. The fourth-order valence-electron chi connectivity index (χ4n) is 8.95. The van der Waals surface area contributed by atoms with Gasteiger partial charge in [-0.1, -0.05) is 6.07 Å². The summed E-state index contributed by atoms with van der Waals surface area (Å²) >= 11 is 0. The van der Waals surface area contributed by atoms with Crippen LogP contribution in [-0.4, -0.2) is 111 Å². The molecule has 3 saturated heterocycles. The lowest BCUT2D eigenvalue weighted by molar-refractivity contribution is -0.138. The first-order valence-electron chi connectivity index (χ1n) is 20.5. The average Bonchev–Trinajstić information content (AvgIpc) is 3.19. The van der Waals surface area contributed by atoms with Crippen molar-refractivity contribution in [2.24, 2.45) is 5.92 Å². The van der Waals surface area contributed by atoms with Gasteiger partial charge in [0.25, 0.3) is 0 Å². The zero-order chi connectivity index (χ0) is 43.7. The van der Waals surface area contributed by atoms with Crippen molar-refractivity contribution in [1.82, 2.24) is 24.9 Å². The van der Waals surface area contributed by atoms with Gasteiger partial charge in [0.15, 0.2) is 0 Å². The van der Waals surface area contributed by atoms with Gasteiger partial charge in [0, 0.05) is 65.0 Å². The van der Waals surface area contributed by atoms with E-state index < -0.39 is 56.6 Å². The standard InChI is InChI=1S/C41H51F5N8O6S/c1-40(57)14-3-15-54(24-40)37-31(41(44,45)46)20-47-39(50-37)48-34-11-9-29(19-32(34)42)61(58,59)51-27-7-4-25(5-8-27)21-52-16-17-53(22-28(52)23-60-2)35-12-6-26(18-33(35)43)30-10-13-36(55)49-38(30)56/h6,9,11-12,18-20,25,27-28,30,51,57H,3-5,7-8,10,13-17,21-24H2,1-2H3,(H,47,48,50)(H,49,55,56)/t25?,27?,28-,30?,40+/m1/s1. The Hall–Kier alpha value is -4.50. The van der Waals surface area contributed by atoms with E-state index in [-0.39, 0.29) is 60.0 Å². The van der Waals surface area contributed by atoms with E-state index >= 15 is 8.78 Å². The molecule has 1 unspecified atom stereocenters. The van der Waals surface area contributed by atoms with E-state index in [9.17, 15) is 36.3 Å². The Morgan fingerprint density at radius 2 is 1.77 bits per heavy atom. The minimum absolute atomic E-state index is 0.0308. The van der Waals surface area contributed by atoms with Crippen molar-refractivity contribution in [3.05, 3.63) is 65.4 Å². The van der Waals surface area contributed by atoms with Gasteiger partial charge in [-0.25, -0.2) is 26.9 Å². The van der Waals surface area contributed by atoms with Gasteiger partial charge in [-0.3, -0.25) is 19.8 Å². The van der Waals surface area contributed by atoms with Crippen LogP contribution >= 0.6 is 0 Å². The van der Waals surface area contributed by atoms with Gasteiger partial charge in [-0.15, -0.1) is 0 Å². The predicted molar refractivity (Wildman–Crippen MR) is 216 cm³/mol. The lowest BCUT2D eigenvalue weighted by Crippen LogP contribution is -2.56. The molecule has 4 aliphatic rings. The molecular formula is C41H51F5N8O6S. The lowest BCUT2D eigenvalue weighted by atomic mass is 9.85. The molecule has 1 saturated carbocycles. The second-order valence-corrected chi connectivity index (χ2v) is 18.5. The van der Waals surface area contributed by atoms with Crippen molar-refractivity contribution in [1.29, 1.82) is 0 Å². The number of amides is 2. The average molecular weight is 879 g/mol. The molecule has 3 aromatic rings. The largest absolute Gasteiger partial charge is 0.421 e. The van der Waals surface area contributed by atoms with Crippen LogP contribution < -0.4 is 25.2 Å². The van der Waals surface area contributed by atoms with Gasteiger partial charge < -0.3 is 25.0 Å². The summed E-state index contributed by atoms with van der Waals surface area (Å²) in [5, 5.41) is 15.4. The lowest BCUT2D eigenvalue weighted by Gasteiger charge is -2.44. The molecule has 3 aliphatic heterocycles. The first-order valence-corrected chi connectivity index (χ1v) is 22.0. The summed E-state index contributed by atoms with van der Waals surface area (Å²) in [5.74, 6) is -3.25. The van der Waals surface area contributed by atoms with E-state index in [1.165, 1.54) is 24.0 Å². The minimum atomic E-state index is -4.78. The van der Waals surface area contributed by atoms with Gasteiger partial charge in [0.1, 0.15) is 23.0 Å². The second-order valence-electron chi connectivity index (χ2n) is 16.8. The molecule has 61 heavy (non-hydrogen) atoms. The summed E-state index contributed by atoms with van der Waals surface area (Å²) in [6.45, 7) is 4.57. The number of hydrogen-bond donors (Lipinski definition) is 4. The third kappa shape index (κ3) is 10.6. The monoisotopic (exact) mass is 878 g/mol. The number of anilines is 4. The van der Waals surface area contributed by atoms with Crippen LogP contribution in [0.3, 0.4) is 0 Å². The number of carbonyl (C=O) groups is 2. The van der Waals surface area contributed by atoms with Crippen LogP contribution in [0, 0.1) is 17.6 Å². The minimum Gasteiger partial charge on any atom is -0.388 e. The number of aliphatic hydroxyl groups is 1. The molecular weight excluding hydrogens is 828 g/mol. The molecule has 1 aromatic heterocycles. The molecule has 0 spiro atoms. The van der Waals surface area contributed by atoms with Gasteiger partial charge in [0.05, 0.1) is 40.4 Å². The SMILES string of the molecule is COC[C@H]1CN(c2ccc(C3CCC(=O)NC3=O)cc2F)CCN1CC1CCC(NS(=O)(=O)c2ccc(Nc3ncc(C(F)(F)F)c(N4CCC[C@](C)(O)C4)n3)c(F)c2)CC1. The normalized spacial score (nSPS) is 25.7. The number of carbonyl (C=O) groups excluding carboxylic acids is 2. The quantitative estimate of drug-likeness (QED) is 0.141. The Morgan fingerprint density at radius 1 is 1.00 bits per heavy atom. The molecule has 4 fully saturated rings. The number of sulfonamides is 1. The number of halogens is 5. The zero-order valence-electron chi connectivity index (χ0n) is 34.0. The Kier molecular flexibility index (Phi) is 13.2. The van der Waals surface area contributed by atoms with Crippen molar-refractivity contribution < 1.29 is 49.8 Å². The van der Waals surface area contributed by atoms with Crippen molar-refractivity contribution in [3.63, 3.8) is 0 Å². The topological polar surface area (TPSA) is 169 Å². The number of benzene rings is 2. The highest BCUT2D eigenvalue weighted by atomic mass is 32.2. The number of alkyl halides is 3. The molecule has 2 aromatic carbocycles. The maximum atomic E-state index is 15.5. The summed E-state index contributed by atoms with van der Waals surface area (Å²) in [5.41, 5.74) is -1.60. The van der Waals surface area contributed by atoms with Gasteiger partial charge >= 0.3 is 6.18 Å².